The summed E-state index contributed by atoms with van der Waals surface area (Å²) in [5.74, 6) is -0.550. The molecule has 2 aromatic carbocycles. The molecule has 172 valence electrons. The second-order valence-corrected chi connectivity index (χ2v) is 9.12. The summed E-state index contributed by atoms with van der Waals surface area (Å²) in [6, 6.07) is 12.2. The van der Waals surface area contributed by atoms with Gasteiger partial charge < -0.3 is 10.2 Å². The normalized spacial score (nSPS) is 26.6. The Morgan fingerprint density at radius 2 is 1.94 bits per heavy atom. The minimum Gasteiger partial charge on any atom is -0.382 e. The van der Waals surface area contributed by atoms with Gasteiger partial charge in [0.2, 0.25) is 12.0 Å². The maximum absolute atomic E-state index is 14.2. The number of benzene rings is 2. The molecule has 2 aliphatic heterocycles. The summed E-state index contributed by atoms with van der Waals surface area (Å²) >= 11 is 5.84. The van der Waals surface area contributed by atoms with Gasteiger partial charge in [0.15, 0.2) is 5.82 Å². The van der Waals surface area contributed by atoms with Crippen LogP contribution >= 0.6 is 11.6 Å². The molecule has 1 saturated carbocycles. The van der Waals surface area contributed by atoms with Crippen molar-refractivity contribution in [2.24, 2.45) is 17.0 Å². The molecule has 4 atom stereocenters. The second-order valence-electron chi connectivity index (χ2n) is 8.71. The molecule has 2 heterocycles. The number of nitrogens with zero attached hydrogens (tertiary/aromatic N) is 1. The van der Waals surface area contributed by atoms with Crippen molar-refractivity contribution in [2.75, 3.05) is 5.32 Å². The predicted molar refractivity (Wildman–Crippen MR) is 122 cm³/mol. The van der Waals surface area contributed by atoms with Crippen LogP contribution in [0.4, 0.5) is 10.1 Å². The highest BCUT2D eigenvalue weighted by atomic mass is 35.5. The molecule has 3 N–H and O–H groups in total. The Kier molecular flexibility index (Phi) is 6.03. The summed E-state index contributed by atoms with van der Waals surface area (Å²) in [5, 5.41) is 6.71. The van der Waals surface area contributed by atoms with Crippen LogP contribution in [-0.4, -0.2) is 23.6 Å². The van der Waals surface area contributed by atoms with Crippen LogP contribution in [0.1, 0.15) is 49.3 Å². The lowest BCUT2D eigenvalue weighted by molar-refractivity contribution is -0.133. The molecule has 33 heavy (non-hydrogen) atoms. The van der Waals surface area contributed by atoms with Gasteiger partial charge in [0.1, 0.15) is 0 Å². The van der Waals surface area contributed by atoms with Gasteiger partial charge >= 0.3 is 0 Å². The van der Waals surface area contributed by atoms with Crippen LogP contribution in [-0.2, 0) is 14.4 Å². The Morgan fingerprint density at radius 1 is 1.15 bits per heavy atom. The number of rotatable bonds is 4. The Balaban J connectivity index is 1.22. The molecule has 4 unspecified atom stereocenters. The molecular weight excluding hydrogens is 447 g/mol. The number of carbonyl (C=O) groups excluding carboxylic acids is 2. The monoisotopic (exact) mass is 470 g/mol. The van der Waals surface area contributed by atoms with Crippen LogP contribution in [0.3, 0.4) is 0 Å². The molecule has 3 aliphatic rings. The van der Waals surface area contributed by atoms with E-state index in [1.54, 1.807) is 12.1 Å². The number of carbonyl (C=O) groups is 2. The van der Waals surface area contributed by atoms with Crippen LogP contribution in [0.25, 0.3) is 0 Å². The zero-order chi connectivity index (χ0) is 22.9. The van der Waals surface area contributed by atoms with Crippen LogP contribution in [0, 0.1) is 17.7 Å². The number of oxime groups is 1. The number of hydrogen-bond donors (Lipinski definition) is 3. The van der Waals surface area contributed by atoms with E-state index in [0.29, 0.717) is 11.4 Å². The van der Waals surface area contributed by atoms with E-state index in [0.717, 1.165) is 31.2 Å². The van der Waals surface area contributed by atoms with Gasteiger partial charge in [-0.1, -0.05) is 47.8 Å². The number of hydrazine groups is 1. The highest BCUT2D eigenvalue weighted by Gasteiger charge is 2.40. The van der Waals surface area contributed by atoms with E-state index in [1.807, 2.05) is 24.3 Å². The molecular formula is C24H24ClFN4O3. The zero-order valence-electron chi connectivity index (χ0n) is 17.8. The zero-order valence-corrected chi connectivity index (χ0v) is 18.6. The number of fused-ring (bicyclic) bond motifs is 1. The quantitative estimate of drug-likeness (QED) is 0.627. The smallest absolute Gasteiger partial charge is 0.268 e. The lowest BCUT2D eigenvalue weighted by atomic mass is 9.72. The molecule has 0 bridgehead atoms. The van der Waals surface area contributed by atoms with Crippen LogP contribution in [0.2, 0.25) is 5.02 Å². The van der Waals surface area contributed by atoms with Gasteiger partial charge in [-0.3, -0.25) is 15.0 Å². The van der Waals surface area contributed by atoms with Gasteiger partial charge in [-0.25, -0.2) is 9.82 Å². The SMILES string of the molecule is O=C(Nc1ccc(C2NNC(=O)C3CCCCC32)cc1)C1CC(c2cccc(Cl)c2F)=NO1. The minimum atomic E-state index is -0.851. The molecule has 2 aromatic rings. The van der Waals surface area contributed by atoms with E-state index in [-0.39, 0.29) is 46.7 Å². The summed E-state index contributed by atoms with van der Waals surface area (Å²) in [5.41, 5.74) is 8.23. The molecule has 1 saturated heterocycles. The Labute approximate surface area is 195 Å². The van der Waals surface area contributed by atoms with Gasteiger partial charge in [-0.2, -0.15) is 0 Å². The average Bonchev–Trinajstić information content (AvgIpc) is 3.32. The first-order chi connectivity index (χ1) is 16.0. The molecule has 0 spiro atoms. The number of amides is 2. The van der Waals surface area contributed by atoms with Crippen LogP contribution in [0.5, 0.6) is 0 Å². The molecule has 2 fully saturated rings. The highest BCUT2D eigenvalue weighted by Crippen LogP contribution is 2.40. The molecule has 9 heteroatoms. The fourth-order valence-corrected chi connectivity index (χ4v) is 5.14. The van der Waals surface area contributed by atoms with Crippen LogP contribution in [0.15, 0.2) is 47.6 Å². The summed E-state index contributed by atoms with van der Waals surface area (Å²) in [4.78, 5) is 30.1. The van der Waals surface area contributed by atoms with E-state index in [1.165, 1.54) is 6.07 Å². The van der Waals surface area contributed by atoms with Crippen molar-refractivity contribution in [3.05, 3.63) is 64.4 Å². The highest BCUT2D eigenvalue weighted by molar-refractivity contribution is 6.31. The Bertz CT molecular complexity index is 1110. The van der Waals surface area contributed by atoms with Crippen molar-refractivity contribution >= 4 is 34.8 Å². The van der Waals surface area contributed by atoms with E-state index in [2.05, 4.69) is 21.3 Å². The average molecular weight is 471 g/mol. The van der Waals surface area contributed by atoms with Gasteiger partial charge in [0, 0.05) is 23.6 Å². The Hall–Kier alpha value is -2.97. The summed E-state index contributed by atoms with van der Waals surface area (Å²) in [6.07, 6.45) is 3.46. The first kappa shape index (κ1) is 21.9. The summed E-state index contributed by atoms with van der Waals surface area (Å²) in [6.45, 7) is 0. The van der Waals surface area contributed by atoms with Crippen molar-refractivity contribution in [2.45, 2.75) is 44.2 Å². The fourth-order valence-electron chi connectivity index (χ4n) is 4.96. The van der Waals surface area contributed by atoms with E-state index >= 15 is 0 Å². The number of hydrogen-bond acceptors (Lipinski definition) is 5. The topological polar surface area (TPSA) is 91.8 Å². The van der Waals surface area contributed by atoms with Crippen molar-refractivity contribution in [3.63, 3.8) is 0 Å². The van der Waals surface area contributed by atoms with Gasteiger partial charge in [0.05, 0.1) is 16.8 Å². The van der Waals surface area contributed by atoms with Gasteiger partial charge in [0.25, 0.3) is 5.91 Å². The fraction of sp³-hybridized carbons (Fsp3) is 0.375. The maximum atomic E-state index is 14.2. The van der Waals surface area contributed by atoms with E-state index in [9.17, 15) is 14.0 Å². The van der Waals surface area contributed by atoms with Crippen molar-refractivity contribution < 1.29 is 18.8 Å². The molecule has 5 rings (SSSR count). The first-order valence-corrected chi connectivity index (χ1v) is 11.5. The third kappa shape index (κ3) is 4.32. The van der Waals surface area contributed by atoms with E-state index < -0.39 is 11.9 Å². The largest absolute Gasteiger partial charge is 0.382 e. The standard InChI is InChI=1S/C24H24ClFN4O3/c25-18-7-3-6-17(21(18)26)19-12-20(33-30-19)24(32)27-14-10-8-13(9-11-14)22-15-4-1-2-5-16(15)23(31)29-28-22/h3,6-11,15-16,20,22,28H,1-2,4-5,12H2,(H,27,32)(H,29,31). The maximum Gasteiger partial charge on any atom is 0.268 e. The number of nitrogens with one attached hydrogen (secondary N) is 3. The molecule has 2 amide bonds. The van der Waals surface area contributed by atoms with Gasteiger partial charge in [-0.05, 0) is 48.6 Å². The van der Waals surface area contributed by atoms with Gasteiger partial charge in [-0.15, -0.1) is 0 Å². The molecule has 0 radical (unpaired) electrons. The summed E-state index contributed by atoms with van der Waals surface area (Å²) in [7, 11) is 0. The molecule has 7 nitrogen and oxygen atoms in total. The third-order valence-electron chi connectivity index (χ3n) is 6.70. The van der Waals surface area contributed by atoms with Crippen molar-refractivity contribution in [1.82, 2.24) is 10.9 Å². The number of anilines is 1. The minimum absolute atomic E-state index is 0.00485. The number of halogens is 2. The lowest BCUT2D eigenvalue weighted by Crippen LogP contribution is -2.55. The molecule has 1 aliphatic carbocycles. The lowest BCUT2D eigenvalue weighted by Gasteiger charge is -2.41. The Morgan fingerprint density at radius 3 is 2.76 bits per heavy atom. The second kappa shape index (κ2) is 9.11. The van der Waals surface area contributed by atoms with Crippen molar-refractivity contribution in [3.8, 4) is 0 Å². The van der Waals surface area contributed by atoms with Crippen LogP contribution < -0.4 is 16.2 Å². The third-order valence-corrected chi connectivity index (χ3v) is 6.99. The summed E-state index contributed by atoms with van der Waals surface area (Å²) < 4.78 is 14.2. The molecule has 0 aromatic heterocycles. The van der Waals surface area contributed by atoms with Crippen molar-refractivity contribution in [1.29, 1.82) is 0 Å². The predicted octanol–water partition coefficient (Wildman–Crippen LogP) is 4.09. The first-order valence-electron chi connectivity index (χ1n) is 11.1. The van der Waals surface area contributed by atoms with E-state index in [4.69, 9.17) is 16.4 Å².